The van der Waals surface area contributed by atoms with Crippen LogP contribution in [0, 0.1) is 19.7 Å². The zero-order chi connectivity index (χ0) is 14.3. The summed E-state index contributed by atoms with van der Waals surface area (Å²) < 4.78 is 15.3. The van der Waals surface area contributed by atoms with Gasteiger partial charge in [0, 0.05) is 5.88 Å². The molecule has 0 fully saturated rings. The molecule has 0 aliphatic carbocycles. The number of hydrogen-bond donors (Lipinski definition) is 0. The lowest BCUT2D eigenvalue weighted by atomic mass is 10.1. The summed E-state index contributed by atoms with van der Waals surface area (Å²) in [6.45, 7) is 4.13. The smallest absolute Gasteiger partial charge is 0.123 e. The number of imidazole rings is 1. The molecule has 0 spiro atoms. The molecule has 0 saturated heterocycles. The quantitative estimate of drug-likeness (QED) is 0.634. The number of fused-ring (bicyclic) bond motifs is 1. The van der Waals surface area contributed by atoms with Gasteiger partial charge in [-0.3, -0.25) is 4.57 Å². The number of nitrogens with zero attached hydrogens (tertiary/aromatic N) is 2. The van der Waals surface area contributed by atoms with Crippen LogP contribution in [0.3, 0.4) is 0 Å². The molecule has 3 rings (SSSR count). The Labute approximate surface area is 121 Å². The van der Waals surface area contributed by atoms with Crippen molar-refractivity contribution < 1.29 is 4.39 Å². The predicted molar refractivity (Wildman–Crippen MR) is 80.1 cm³/mol. The first-order valence-electron chi connectivity index (χ1n) is 6.39. The molecule has 2 aromatic carbocycles. The van der Waals surface area contributed by atoms with E-state index in [1.807, 2.05) is 4.57 Å². The van der Waals surface area contributed by atoms with Crippen LogP contribution in [0.2, 0.25) is 0 Å². The zero-order valence-corrected chi connectivity index (χ0v) is 12.1. The second-order valence-electron chi connectivity index (χ2n) is 4.95. The van der Waals surface area contributed by atoms with E-state index in [0.29, 0.717) is 0 Å². The molecule has 0 unspecified atom stereocenters. The molecule has 0 amide bonds. The molecule has 20 heavy (non-hydrogen) atoms. The number of aryl methyl sites for hydroxylation is 2. The lowest BCUT2D eigenvalue weighted by molar-refractivity contribution is 0.626. The van der Waals surface area contributed by atoms with Gasteiger partial charge in [-0.2, -0.15) is 0 Å². The minimum absolute atomic E-state index is 0.262. The van der Waals surface area contributed by atoms with E-state index in [-0.39, 0.29) is 11.7 Å². The highest BCUT2D eigenvalue weighted by atomic mass is 35.5. The van der Waals surface area contributed by atoms with Crippen molar-refractivity contribution in [2.45, 2.75) is 19.7 Å². The number of alkyl halides is 1. The van der Waals surface area contributed by atoms with Crippen molar-refractivity contribution in [3.63, 3.8) is 0 Å². The van der Waals surface area contributed by atoms with Gasteiger partial charge < -0.3 is 0 Å². The maximum absolute atomic E-state index is 13.3. The summed E-state index contributed by atoms with van der Waals surface area (Å²) in [5.74, 6) is -0.0155. The highest BCUT2D eigenvalue weighted by Gasteiger charge is 2.10. The Bertz CT molecular complexity index is 793. The zero-order valence-electron chi connectivity index (χ0n) is 11.3. The van der Waals surface area contributed by atoms with Crippen LogP contribution in [0.25, 0.3) is 16.7 Å². The van der Waals surface area contributed by atoms with Crippen molar-refractivity contribution in [2.75, 3.05) is 0 Å². The Morgan fingerprint density at radius 1 is 1.15 bits per heavy atom. The standard InChI is InChI=1S/C16H14ClFN2/c1-10-5-14-16(6-11(10)2)20(9-19-14)15-4-3-13(18)7-12(15)8-17/h3-7,9H,8H2,1-2H3. The number of benzene rings is 2. The molecule has 2 nitrogen and oxygen atoms in total. The largest absolute Gasteiger partial charge is 0.299 e. The summed E-state index contributed by atoms with van der Waals surface area (Å²) in [7, 11) is 0. The first-order chi connectivity index (χ1) is 9.60. The Balaban J connectivity index is 2.27. The maximum Gasteiger partial charge on any atom is 0.123 e. The number of halogens is 2. The number of aromatic nitrogens is 2. The van der Waals surface area contributed by atoms with E-state index < -0.39 is 0 Å². The fourth-order valence-corrected chi connectivity index (χ4v) is 2.57. The second kappa shape index (κ2) is 4.91. The van der Waals surface area contributed by atoms with Crippen molar-refractivity contribution in [3.05, 3.63) is 59.2 Å². The third-order valence-electron chi connectivity index (χ3n) is 3.61. The first kappa shape index (κ1) is 13.1. The van der Waals surface area contributed by atoms with Crippen LogP contribution in [-0.4, -0.2) is 9.55 Å². The second-order valence-corrected chi connectivity index (χ2v) is 5.21. The summed E-state index contributed by atoms with van der Waals surface area (Å²) in [6, 6.07) is 8.81. The van der Waals surface area contributed by atoms with Crippen molar-refractivity contribution in [3.8, 4) is 5.69 Å². The molecular weight excluding hydrogens is 275 g/mol. The molecule has 1 heterocycles. The minimum Gasteiger partial charge on any atom is -0.299 e. The van der Waals surface area contributed by atoms with E-state index in [1.54, 1.807) is 12.4 Å². The SMILES string of the molecule is Cc1cc2ncn(-c3ccc(F)cc3CCl)c2cc1C. The average molecular weight is 289 g/mol. The fraction of sp³-hybridized carbons (Fsp3) is 0.188. The van der Waals surface area contributed by atoms with Gasteiger partial charge in [-0.1, -0.05) is 0 Å². The fourth-order valence-electron chi connectivity index (χ4n) is 2.35. The van der Waals surface area contributed by atoms with Gasteiger partial charge in [-0.05, 0) is 60.9 Å². The molecule has 1 aromatic heterocycles. The summed E-state index contributed by atoms with van der Waals surface area (Å²) in [5, 5.41) is 0. The van der Waals surface area contributed by atoms with E-state index in [9.17, 15) is 4.39 Å². The van der Waals surface area contributed by atoms with Crippen molar-refractivity contribution in [2.24, 2.45) is 0 Å². The number of rotatable bonds is 2. The van der Waals surface area contributed by atoms with Crippen molar-refractivity contribution >= 4 is 22.6 Å². The normalized spacial score (nSPS) is 11.2. The number of hydrogen-bond acceptors (Lipinski definition) is 1. The highest BCUT2D eigenvalue weighted by molar-refractivity contribution is 6.17. The van der Waals surface area contributed by atoms with E-state index in [0.717, 1.165) is 22.3 Å². The van der Waals surface area contributed by atoms with E-state index in [1.165, 1.54) is 23.3 Å². The van der Waals surface area contributed by atoms with Crippen LogP contribution in [0.1, 0.15) is 16.7 Å². The monoisotopic (exact) mass is 288 g/mol. The lowest BCUT2D eigenvalue weighted by Crippen LogP contribution is -1.98. The molecule has 3 aromatic rings. The van der Waals surface area contributed by atoms with Crippen LogP contribution in [-0.2, 0) is 5.88 Å². The molecule has 0 saturated carbocycles. The van der Waals surface area contributed by atoms with Gasteiger partial charge in [0.1, 0.15) is 12.1 Å². The molecule has 0 aliphatic heterocycles. The summed E-state index contributed by atoms with van der Waals surface area (Å²) >= 11 is 5.93. The molecule has 0 atom stereocenters. The van der Waals surface area contributed by atoms with Gasteiger partial charge in [-0.25, -0.2) is 9.37 Å². The van der Waals surface area contributed by atoms with Gasteiger partial charge in [-0.15, -0.1) is 11.6 Å². The molecule has 102 valence electrons. The molecule has 4 heteroatoms. The van der Waals surface area contributed by atoms with E-state index >= 15 is 0 Å². The topological polar surface area (TPSA) is 17.8 Å². The average Bonchev–Trinajstić information content (AvgIpc) is 2.82. The summed E-state index contributed by atoms with van der Waals surface area (Å²) in [5.41, 5.74) is 5.97. The van der Waals surface area contributed by atoms with Crippen molar-refractivity contribution in [1.29, 1.82) is 0 Å². The molecular formula is C16H14ClFN2. The molecule has 0 N–H and O–H groups in total. The first-order valence-corrected chi connectivity index (χ1v) is 6.92. The van der Waals surface area contributed by atoms with Crippen LogP contribution < -0.4 is 0 Å². The summed E-state index contributed by atoms with van der Waals surface area (Å²) in [6.07, 6.45) is 1.76. The Morgan fingerprint density at radius 2 is 1.90 bits per heavy atom. The third-order valence-corrected chi connectivity index (χ3v) is 3.90. The maximum atomic E-state index is 13.3. The highest BCUT2D eigenvalue weighted by Crippen LogP contribution is 2.25. The van der Waals surface area contributed by atoms with Gasteiger partial charge in [0.25, 0.3) is 0 Å². The van der Waals surface area contributed by atoms with Gasteiger partial charge >= 0.3 is 0 Å². The molecule has 0 bridgehead atoms. The van der Waals surface area contributed by atoms with Crippen LogP contribution in [0.5, 0.6) is 0 Å². The molecule has 0 aliphatic rings. The minimum atomic E-state index is -0.277. The van der Waals surface area contributed by atoms with Crippen LogP contribution >= 0.6 is 11.6 Å². The van der Waals surface area contributed by atoms with Gasteiger partial charge in [0.2, 0.25) is 0 Å². The Kier molecular flexibility index (Phi) is 3.22. The van der Waals surface area contributed by atoms with Gasteiger partial charge in [0.05, 0.1) is 16.7 Å². The predicted octanol–water partition coefficient (Wildman–Crippen LogP) is 4.52. The third kappa shape index (κ3) is 2.08. The van der Waals surface area contributed by atoms with E-state index in [2.05, 4.69) is 31.0 Å². The molecule has 0 radical (unpaired) electrons. The van der Waals surface area contributed by atoms with Crippen molar-refractivity contribution in [1.82, 2.24) is 9.55 Å². The van der Waals surface area contributed by atoms with Crippen LogP contribution in [0.15, 0.2) is 36.7 Å². The lowest BCUT2D eigenvalue weighted by Gasteiger charge is -2.10. The Morgan fingerprint density at radius 3 is 2.65 bits per heavy atom. The van der Waals surface area contributed by atoms with Crippen LogP contribution in [0.4, 0.5) is 4.39 Å². The van der Waals surface area contributed by atoms with Gasteiger partial charge in [0.15, 0.2) is 0 Å². The Hall–Kier alpha value is -1.87. The van der Waals surface area contributed by atoms with E-state index in [4.69, 9.17) is 11.6 Å². The summed E-state index contributed by atoms with van der Waals surface area (Å²) in [4.78, 5) is 4.42.